The Labute approximate surface area is 183 Å². The molecule has 1 fully saturated rings. The SMILES string of the molecule is CCCNC(=O)CN1CCC(NC(=NC)NCc2ncc(CC)s2)CC1.I. The molecule has 7 nitrogen and oxygen atoms in total. The smallest absolute Gasteiger partial charge is 0.234 e. The molecule has 154 valence electrons. The van der Waals surface area contributed by atoms with Crippen LogP contribution in [-0.4, -0.2) is 61.0 Å². The highest BCUT2D eigenvalue weighted by Crippen LogP contribution is 2.13. The standard InChI is InChI=1S/C18H32N6OS.HI/c1-4-8-20-16(25)13-24-9-6-14(7-10-24)23-18(19-3)22-12-17-21-11-15(5-2)26-17;/h11,14H,4-10,12-13H2,1-3H3,(H,20,25)(H2,19,22,23);1H. The van der Waals surface area contributed by atoms with Crippen molar-refractivity contribution in [2.24, 2.45) is 4.99 Å². The summed E-state index contributed by atoms with van der Waals surface area (Å²) in [7, 11) is 1.79. The number of aliphatic imine (C=N–C) groups is 1. The maximum absolute atomic E-state index is 11.8. The highest BCUT2D eigenvalue weighted by Gasteiger charge is 2.21. The van der Waals surface area contributed by atoms with Crippen molar-refractivity contribution in [2.45, 2.75) is 52.1 Å². The Kier molecular flexibility index (Phi) is 11.8. The maximum Gasteiger partial charge on any atom is 0.234 e. The first-order chi connectivity index (χ1) is 12.6. The van der Waals surface area contributed by atoms with Crippen molar-refractivity contribution in [1.29, 1.82) is 0 Å². The Morgan fingerprint density at radius 3 is 2.67 bits per heavy atom. The van der Waals surface area contributed by atoms with Gasteiger partial charge in [0.25, 0.3) is 0 Å². The van der Waals surface area contributed by atoms with Crippen molar-refractivity contribution >= 4 is 47.2 Å². The minimum Gasteiger partial charge on any atom is -0.355 e. The van der Waals surface area contributed by atoms with Crippen LogP contribution < -0.4 is 16.0 Å². The first-order valence-electron chi connectivity index (χ1n) is 9.54. The molecule has 0 spiro atoms. The summed E-state index contributed by atoms with van der Waals surface area (Å²) in [6.45, 7) is 8.03. The van der Waals surface area contributed by atoms with Gasteiger partial charge >= 0.3 is 0 Å². The minimum absolute atomic E-state index is 0. The zero-order valence-corrected chi connectivity index (χ0v) is 19.7. The van der Waals surface area contributed by atoms with Crippen molar-refractivity contribution in [1.82, 2.24) is 25.8 Å². The number of nitrogens with zero attached hydrogens (tertiary/aromatic N) is 3. The van der Waals surface area contributed by atoms with Gasteiger partial charge in [-0.3, -0.25) is 14.7 Å². The molecule has 9 heteroatoms. The van der Waals surface area contributed by atoms with E-state index in [9.17, 15) is 4.79 Å². The summed E-state index contributed by atoms with van der Waals surface area (Å²) >= 11 is 1.74. The molecule has 0 radical (unpaired) electrons. The number of likely N-dealkylation sites (tertiary alicyclic amines) is 1. The lowest BCUT2D eigenvalue weighted by Crippen LogP contribution is -2.50. The Morgan fingerprint density at radius 2 is 2.07 bits per heavy atom. The van der Waals surface area contributed by atoms with Crippen LogP contribution in [0.5, 0.6) is 0 Å². The van der Waals surface area contributed by atoms with Crippen LogP contribution in [0.15, 0.2) is 11.2 Å². The van der Waals surface area contributed by atoms with E-state index in [-0.39, 0.29) is 29.9 Å². The van der Waals surface area contributed by atoms with Crippen molar-refractivity contribution in [3.8, 4) is 0 Å². The van der Waals surface area contributed by atoms with Gasteiger partial charge < -0.3 is 16.0 Å². The molecule has 0 unspecified atom stereocenters. The van der Waals surface area contributed by atoms with E-state index < -0.39 is 0 Å². The van der Waals surface area contributed by atoms with Crippen LogP contribution in [0.3, 0.4) is 0 Å². The van der Waals surface area contributed by atoms with Crippen LogP contribution in [-0.2, 0) is 17.8 Å². The summed E-state index contributed by atoms with van der Waals surface area (Å²) in [4.78, 5) is 24.1. The average molecular weight is 508 g/mol. The second kappa shape index (κ2) is 13.3. The average Bonchev–Trinajstić information content (AvgIpc) is 3.13. The predicted octanol–water partition coefficient (Wildman–Crippen LogP) is 1.98. The van der Waals surface area contributed by atoms with Gasteiger partial charge in [0.15, 0.2) is 5.96 Å². The third kappa shape index (κ3) is 8.73. The van der Waals surface area contributed by atoms with Crippen molar-refractivity contribution in [2.75, 3.05) is 33.2 Å². The van der Waals surface area contributed by atoms with Crippen LogP contribution in [0.1, 0.15) is 43.0 Å². The van der Waals surface area contributed by atoms with E-state index in [0.29, 0.717) is 19.1 Å². The van der Waals surface area contributed by atoms with Gasteiger partial charge in [0.05, 0.1) is 13.1 Å². The molecule has 1 aliphatic heterocycles. The second-order valence-electron chi connectivity index (χ2n) is 6.54. The summed E-state index contributed by atoms with van der Waals surface area (Å²) in [6, 6.07) is 0.388. The lowest BCUT2D eigenvalue weighted by Gasteiger charge is -2.32. The number of carbonyl (C=O) groups excluding carboxylic acids is 1. The number of amides is 1. The first-order valence-corrected chi connectivity index (χ1v) is 10.4. The van der Waals surface area contributed by atoms with Gasteiger partial charge in [-0.2, -0.15) is 0 Å². The Bertz CT molecular complexity index is 586. The van der Waals surface area contributed by atoms with Crippen molar-refractivity contribution < 1.29 is 4.79 Å². The number of rotatable bonds is 8. The van der Waals surface area contributed by atoms with E-state index in [0.717, 1.165) is 56.3 Å². The van der Waals surface area contributed by atoms with Crippen LogP contribution in [0.4, 0.5) is 0 Å². The lowest BCUT2D eigenvalue weighted by atomic mass is 10.1. The third-order valence-corrected chi connectivity index (χ3v) is 5.59. The summed E-state index contributed by atoms with van der Waals surface area (Å²) < 4.78 is 0. The molecule has 1 aromatic rings. The highest BCUT2D eigenvalue weighted by molar-refractivity contribution is 14.0. The van der Waals surface area contributed by atoms with Gasteiger partial charge in [-0.05, 0) is 25.7 Å². The Hall–Kier alpha value is -0.940. The Balaban J connectivity index is 0.00000364. The number of hydrogen-bond acceptors (Lipinski definition) is 5. The van der Waals surface area contributed by atoms with E-state index in [1.54, 1.807) is 18.4 Å². The summed E-state index contributed by atoms with van der Waals surface area (Å²) in [5.74, 6) is 0.947. The summed E-state index contributed by atoms with van der Waals surface area (Å²) in [5.41, 5.74) is 0. The van der Waals surface area contributed by atoms with Crippen LogP contribution in [0.25, 0.3) is 0 Å². The fraction of sp³-hybridized carbons (Fsp3) is 0.722. The zero-order chi connectivity index (χ0) is 18.8. The quantitative estimate of drug-likeness (QED) is 0.284. The van der Waals surface area contributed by atoms with Gasteiger partial charge in [0, 0.05) is 43.8 Å². The van der Waals surface area contributed by atoms with Crippen LogP contribution in [0, 0.1) is 0 Å². The number of halogens is 1. The van der Waals surface area contributed by atoms with Gasteiger partial charge in [0.1, 0.15) is 5.01 Å². The van der Waals surface area contributed by atoms with E-state index in [1.807, 2.05) is 6.20 Å². The van der Waals surface area contributed by atoms with Crippen molar-refractivity contribution in [3.05, 3.63) is 16.1 Å². The molecule has 1 aromatic heterocycles. The monoisotopic (exact) mass is 508 g/mol. The van der Waals surface area contributed by atoms with Gasteiger partial charge in [0.2, 0.25) is 5.91 Å². The number of carbonyl (C=O) groups is 1. The van der Waals surface area contributed by atoms with Gasteiger partial charge in [-0.15, -0.1) is 35.3 Å². The number of aromatic nitrogens is 1. The topological polar surface area (TPSA) is 81.7 Å². The van der Waals surface area contributed by atoms with E-state index in [1.165, 1.54) is 4.88 Å². The summed E-state index contributed by atoms with van der Waals surface area (Å²) in [5, 5.41) is 10.9. The normalized spacial score (nSPS) is 15.9. The molecule has 0 aromatic carbocycles. The highest BCUT2D eigenvalue weighted by atomic mass is 127. The minimum atomic E-state index is 0. The van der Waals surface area contributed by atoms with Crippen LogP contribution in [0.2, 0.25) is 0 Å². The number of guanidine groups is 1. The molecule has 1 aliphatic rings. The second-order valence-corrected chi connectivity index (χ2v) is 7.74. The molecule has 0 aliphatic carbocycles. The third-order valence-electron chi connectivity index (χ3n) is 4.45. The molecule has 2 heterocycles. The van der Waals surface area contributed by atoms with Crippen LogP contribution >= 0.6 is 35.3 Å². The molecule has 27 heavy (non-hydrogen) atoms. The molecule has 0 bridgehead atoms. The molecule has 1 saturated heterocycles. The van der Waals surface area contributed by atoms with Gasteiger partial charge in [-0.1, -0.05) is 13.8 Å². The largest absolute Gasteiger partial charge is 0.355 e. The number of piperidine rings is 1. The fourth-order valence-corrected chi connectivity index (χ4v) is 3.70. The van der Waals surface area contributed by atoms with E-state index >= 15 is 0 Å². The molecule has 0 atom stereocenters. The van der Waals surface area contributed by atoms with Gasteiger partial charge in [-0.25, -0.2) is 4.98 Å². The van der Waals surface area contributed by atoms with E-state index in [4.69, 9.17) is 0 Å². The number of hydrogen-bond donors (Lipinski definition) is 3. The lowest BCUT2D eigenvalue weighted by molar-refractivity contribution is -0.122. The molecule has 0 saturated carbocycles. The molecule has 2 rings (SSSR count). The number of thiazole rings is 1. The Morgan fingerprint density at radius 1 is 1.33 bits per heavy atom. The number of aryl methyl sites for hydroxylation is 1. The van der Waals surface area contributed by atoms with Crippen molar-refractivity contribution in [3.63, 3.8) is 0 Å². The molecular formula is C18H33IN6OS. The molecule has 1 amide bonds. The fourth-order valence-electron chi connectivity index (χ4n) is 2.90. The molecular weight excluding hydrogens is 475 g/mol. The molecule has 3 N–H and O–H groups in total. The van der Waals surface area contributed by atoms with E-state index in [2.05, 4.69) is 44.7 Å². The predicted molar refractivity (Wildman–Crippen MR) is 123 cm³/mol. The first kappa shape index (κ1) is 24.1. The summed E-state index contributed by atoms with van der Waals surface area (Å²) in [6.07, 6.45) is 5.98. The zero-order valence-electron chi connectivity index (χ0n) is 16.6. The number of nitrogens with one attached hydrogen (secondary N) is 3. The maximum atomic E-state index is 11.8.